The molecule has 0 bridgehead atoms. The maximum absolute atomic E-state index is 13.0. The molecule has 2 aromatic rings. The zero-order valence-electron chi connectivity index (χ0n) is 18.8. The Balaban J connectivity index is 1.46. The number of sulfonamides is 1. The van der Waals surface area contributed by atoms with Crippen LogP contribution < -0.4 is 0 Å². The third kappa shape index (κ3) is 4.83. The average Bonchev–Trinajstić information content (AvgIpc) is 3.13. The van der Waals surface area contributed by atoms with Crippen LogP contribution in [0.3, 0.4) is 0 Å². The van der Waals surface area contributed by atoms with Gasteiger partial charge in [-0.1, -0.05) is 0 Å². The lowest BCUT2D eigenvalue weighted by atomic mass is 10.1. The van der Waals surface area contributed by atoms with Crippen LogP contribution in [-0.2, 0) is 37.8 Å². The van der Waals surface area contributed by atoms with Crippen molar-refractivity contribution in [2.45, 2.75) is 43.6 Å². The predicted octanol–water partition coefficient (Wildman–Crippen LogP) is 1.55. The van der Waals surface area contributed by atoms with Gasteiger partial charge in [0, 0.05) is 52.7 Å². The Kier molecular flexibility index (Phi) is 7.14. The number of fused-ring (bicyclic) bond motifs is 1. The number of carbonyl (C=O) groups excluding carboxylic acids is 1. The van der Waals surface area contributed by atoms with E-state index in [1.165, 1.54) is 4.31 Å². The molecule has 4 rings (SSSR count). The fraction of sp³-hybridized carbons (Fsp3) is 0.636. The Hall–Kier alpha value is -2.01. The highest BCUT2D eigenvalue weighted by Gasteiger charge is 2.27. The molecule has 0 radical (unpaired) electrons. The van der Waals surface area contributed by atoms with E-state index in [1.807, 2.05) is 23.4 Å². The zero-order valence-corrected chi connectivity index (χ0v) is 19.6. The number of hydrogen-bond acceptors (Lipinski definition) is 6. The molecule has 9 nitrogen and oxygen atoms in total. The first-order valence-corrected chi connectivity index (χ1v) is 12.8. The Morgan fingerprint density at radius 3 is 2.78 bits per heavy atom. The summed E-state index contributed by atoms with van der Waals surface area (Å²) in [5.74, 6) is 0.879. The van der Waals surface area contributed by atoms with Gasteiger partial charge < -0.3 is 18.9 Å². The second-order valence-corrected chi connectivity index (χ2v) is 10.3. The molecule has 0 spiro atoms. The first-order chi connectivity index (χ1) is 15.4. The molecule has 32 heavy (non-hydrogen) atoms. The molecule has 1 aromatic heterocycles. The molecule has 2 saturated heterocycles. The number of benzene rings is 1. The highest BCUT2D eigenvalue weighted by atomic mass is 32.2. The molecule has 2 fully saturated rings. The van der Waals surface area contributed by atoms with Crippen LogP contribution in [-0.4, -0.2) is 85.2 Å². The van der Waals surface area contributed by atoms with E-state index in [9.17, 15) is 13.2 Å². The van der Waals surface area contributed by atoms with Crippen LogP contribution in [0.4, 0.5) is 0 Å². The maximum atomic E-state index is 13.0. The molecule has 1 aromatic carbocycles. The van der Waals surface area contributed by atoms with Crippen molar-refractivity contribution in [3.05, 3.63) is 24.0 Å². The number of ether oxygens (including phenoxy) is 2. The molecule has 10 heteroatoms. The van der Waals surface area contributed by atoms with E-state index in [1.54, 1.807) is 18.2 Å². The monoisotopic (exact) mass is 464 g/mol. The lowest BCUT2D eigenvalue weighted by Gasteiger charge is -2.32. The molecule has 0 aliphatic carbocycles. The number of piperidine rings is 1. The van der Waals surface area contributed by atoms with Gasteiger partial charge in [-0.25, -0.2) is 13.4 Å². The normalized spacial score (nSPS) is 20.7. The average molecular weight is 465 g/mol. The van der Waals surface area contributed by atoms with Crippen LogP contribution in [0, 0.1) is 0 Å². The van der Waals surface area contributed by atoms with Gasteiger partial charge in [-0.2, -0.15) is 4.31 Å². The Labute approximate surface area is 189 Å². The Morgan fingerprint density at radius 1 is 1.25 bits per heavy atom. The highest BCUT2D eigenvalue weighted by molar-refractivity contribution is 7.89. The number of hydrogen-bond donors (Lipinski definition) is 0. The van der Waals surface area contributed by atoms with Crippen LogP contribution in [0.5, 0.6) is 0 Å². The lowest BCUT2D eigenvalue weighted by molar-refractivity contribution is -0.135. The summed E-state index contributed by atoms with van der Waals surface area (Å²) in [5, 5.41) is 0. The first kappa shape index (κ1) is 23.2. The minimum Gasteiger partial charge on any atom is -0.379 e. The van der Waals surface area contributed by atoms with E-state index in [0.717, 1.165) is 30.7 Å². The highest BCUT2D eigenvalue weighted by Crippen LogP contribution is 2.24. The van der Waals surface area contributed by atoms with Crippen molar-refractivity contribution in [3.63, 3.8) is 0 Å². The molecule has 1 unspecified atom stereocenters. The largest absolute Gasteiger partial charge is 0.379 e. The molecule has 2 aliphatic heterocycles. The summed E-state index contributed by atoms with van der Waals surface area (Å²) in [5.41, 5.74) is 1.47. The zero-order chi connectivity index (χ0) is 22.7. The number of rotatable bonds is 7. The van der Waals surface area contributed by atoms with E-state index in [4.69, 9.17) is 9.47 Å². The number of carbonyl (C=O) groups is 1. The van der Waals surface area contributed by atoms with Crippen LogP contribution >= 0.6 is 0 Å². The third-order valence-electron chi connectivity index (χ3n) is 6.25. The standard InChI is InChI=1S/C22H32N4O5S/c1-3-31-17-5-4-10-25(16-17)22(27)9-8-21-23-19-15-18(6-7-20(19)24(21)2)32(28,29)26-11-13-30-14-12-26/h6-7,15,17H,3-5,8-14,16H2,1-2H3. The Morgan fingerprint density at radius 2 is 2.03 bits per heavy atom. The minimum absolute atomic E-state index is 0.108. The predicted molar refractivity (Wildman–Crippen MR) is 120 cm³/mol. The SMILES string of the molecule is CCOC1CCCN(C(=O)CCc2nc3cc(S(=O)(=O)N4CCOCC4)ccc3n2C)C1. The van der Waals surface area contributed by atoms with E-state index in [2.05, 4.69) is 4.98 Å². The van der Waals surface area contributed by atoms with Gasteiger partial charge in [-0.3, -0.25) is 4.79 Å². The molecular formula is C22H32N4O5S. The van der Waals surface area contributed by atoms with Gasteiger partial charge in [0.15, 0.2) is 0 Å². The lowest BCUT2D eigenvalue weighted by Crippen LogP contribution is -2.43. The van der Waals surface area contributed by atoms with Crippen LogP contribution in [0.15, 0.2) is 23.1 Å². The number of likely N-dealkylation sites (tertiary alicyclic amines) is 1. The van der Waals surface area contributed by atoms with Gasteiger partial charge >= 0.3 is 0 Å². The summed E-state index contributed by atoms with van der Waals surface area (Å²) >= 11 is 0. The van der Waals surface area contributed by atoms with Crippen LogP contribution in [0.1, 0.15) is 32.0 Å². The quantitative estimate of drug-likeness (QED) is 0.617. The van der Waals surface area contributed by atoms with Gasteiger partial charge in [0.25, 0.3) is 0 Å². The van der Waals surface area contributed by atoms with E-state index in [0.29, 0.717) is 57.8 Å². The van der Waals surface area contributed by atoms with Crippen LogP contribution in [0.2, 0.25) is 0 Å². The first-order valence-electron chi connectivity index (χ1n) is 11.3. The van der Waals surface area contributed by atoms with Gasteiger partial charge in [0.1, 0.15) is 5.82 Å². The van der Waals surface area contributed by atoms with E-state index >= 15 is 0 Å². The number of amides is 1. The van der Waals surface area contributed by atoms with Crippen molar-refractivity contribution >= 4 is 27.0 Å². The molecule has 3 heterocycles. The van der Waals surface area contributed by atoms with Gasteiger partial charge in [-0.05, 0) is 38.0 Å². The maximum Gasteiger partial charge on any atom is 0.243 e. The van der Waals surface area contributed by atoms with Gasteiger partial charge in [0.2, 0.25) is 15.9 Å². The summed E-state index contributed by atoms with van der Waals surface area (Å²) in [6.07, 6.45) is 2.96. The fourth-order valence-corrected chi connectivity index (χ4v) is 5.89. The summed E-state index contributed by atoms with van der Waals surface area (Å²) in [6, 6.07) is 5.05. The van der Waals surface area contributed by atoms with Crippen molar-refractivity contribution in [3.8, 4) is 0 Å². The molecule has 0 saturated carbocycles. The summed E-state index contributed by atoms with van der Waals surface area (Å²) in [4.78, 5) is 19.5. The summed E-state index contributed by atoms with van der Waals surface area (Å²) in [6.45, 7) is 5.59. The summed E-state index contributed by atoms with van der Waals surface area (Å²) in [7, 11) is -1.68. The minimum atomic E-state index is -3.58. The topological polar surface area (TPSA) is 94.0 Å². The van der Waals surface area contributed by atoms with Crippen molar-refractivity contribution in [1.82, 2.24) is 18.8 Å². The van der Waals surface area contributed by atoms with E-state index < -0.39 is 10.0 Å². The smallest absolute Gasteiger partial charge is 0.243 e. The van der Waals surface area contributed by atoms with Crippen molar-refractivity contribution < 1.29 is 22.7 Å². The number of morpholine rings is 1. The van der Waals surface area contributed by atoms with E-state index in [-0.39, 0.29) is 16.9 Å². The second-order valence-electron chi connectivity index (χ2n) is 8.31. The van der Waals surface area contributed by atoms with Crippen molar-refractivity contribution in [1.29, 1.82) is 0 Å². The Bertz CT molecular complexity index is 1060. The third-order valence-corrected chi connectivity index (χ3v) is 8.14. The molecule has 0 N–H and O–H groups in total. The van der Waals surface area contributed by atoms with Crippen molar-refractivity contribution in [2.75, 3.05) is 46.0 Å². The fourth-order valence-electron chi connectivity index (χ4n) is 4.46. The van der Waals surface area contributed by atoms with Crippen molar-refractivity contribution in [2.24, 2.45) is 7.05 Å². The second kappa shape index (κ2) is 9.86. The van der Waals surface area contributed by atoms with Crippen LogP contribution in [0.25, 0.3) is 11.0 Å². The van der Waals surface area contributed by atoms with Gasteiger partial charge in [0.05, 0.1) is 35.2 Å². The number of nitrogens with zero attached hydrogens (tertiary/aromatic N) is 4. The molecule has 1 amide bonds. The number of aromatic nitrogens is 2. The number of imidazole rings is 1. The molecule has 1 atom stereocenters. The molecular weight excluding hydrogens is 432 g/mol. The number of aryl methyl sites for hydroxylation is 2. The molecule has 2 aliphatic rings. The molecule has 176 valence electrons. The van der Waals surface area contributed by atoms with Gasteiger partial charge in [-0.15, -0.1) is 0 Å². The summed E-state index contributed by atoms with van der Waals surface area (Å²) < 4.78 is 40.3.